The fraction of sp³-hybridized carbons (Fsp3) is 0.500. The number of nitrogens with zero attached hydrogens (tertiary/aromatic N) is 2. The zero-order valence-corrected chi connectivity index (χ0v) is 9.29. The number of hydrogen-bond donors (Lipinski definition) is 2. The maximum absolute atomic E-state index is 10.7. The average molecular weight is 239 g/mol. The third-order valence-corrected chi connectivity index (χ3v) is 2.38. The molecule has 1 aliphatic heterocycles. The Balaban J connectivity index is 1.95. The molecular weight excluding hydrogens is 226 g/mol. The van der Waals surface area contributed by atoms with Gasteiger partial charge in [-0.05, 0) is 0 Å². The van der Waals surface area contributed by atoms with Crippen LogP contribution in [0.15, 0.2) is 12.3 Å². The van der Waals surface area contributed by atoms with E-state index < -0.39 is 12.1 Å². The summed E-state index contributed by atoms with van der Waals surface area (Å²) in [7, 11) is 1.71. The lowest BCUT2D eigenvalue weighted by Crippen LogP contribution is -2.21. The fourth-order valence-electron chi connectivity index (χ4n) is 1.55. The van der Waals surface area contributed by atoms with Crippen LogP contribution in [0.3, 0.4) is 0 Å². The fourth-order valence-corrected chi connectivity index (χ4v) is 1.55. The van der Waals surface area contributed by atoms with Crippen LogP contribution in [0, 0.1) is 0 Å². The van der Waals surface area contributed by atoms with Crippen LogP contribution >= 0.6 is 0 Å². The van der Waals surface area contributed by atoms with E-state index >= 15 is 0 Å². The van der Waals surface area contributed by atoms with Crippen LogP contribution in [-0.4, -0.2) is 46.9 Å². The summed E-state index contributed by atoms with van der Waals surface area (Å²) in [4.78, 5) is 18.7. The summed E-state index contributed by atoms with van der Waals surface area (Å²) in [6.45, 7) is 0.260. The third-order valence-electron chi connectivity index (χ3n) is 2.38. The molecule has 1 aliphatic rings. The molecule has 0 radical (unpaired) electrons. The molecule has 0 bridgehead atoms. The summed E-state index contributed by atoms with van der Waals surface area (Å²) in [6, 6.07) is 1.62. The van der Waals surface area contributed by atoms with E-state index in [1.807, 2.05) is 0 Å². The van der Waals surface area contributed by atoms with Gasteiger partial charge in [-0.3, -0.25) is 0 Å². The smallest absolute Gasteiger partial charge is 0.332 e. The van der Waals surface area contributed by atoms with Crippen molar-refractivity contribution in [3.63, 3.8) is 0 Å². The predicted molar refractivity (Wildman–Crippen MR) is 58.0 cm³/mol. The highest BCUT2D eigenvalue weighted by Crippen LogP contribution is 2.19. The molecular formula is C10H13N3O4. The maximum Gasteiger partial charge on any atom is 0.332 e. The lowest BCUT2D eigenvalue weighted by atomic mass is 10.2. The topological polar surface area (TPSA) is 93.6 Å². The minimum absolute atomic E-state index is 0.260. The SMILES string of the molecule is CNc1nccc(OC2COC(C(=O)O)C2)n1. The van der Waals surface area contributed by atoms with Gasteiger partial charge in [-0.25, -0.2) is 9.78 Å². The quantitative estimate of drug-likeness (QED) is 0.771. The second-order valence-corrected chi connectivity index (χ2v) is 3.60. The molecule has 2 heterocycles. The Morgan fingerprint density at radius 1 is 1.71 bits per heavy atom. The predicted octanol–water partition coefficient (Wildman–Crippen LogP) is 0.139. The zero-order valence-electron chi connectivity index (χ0n) is 9.29. The number of ether oxygens (including phenoxy) is 2. The molecule has 2 unspecified atom stereocenters. The molecule has 1 fully saturated rings. The highest BCUT2D eigenvalue weighted by atomic mass is 16.6. The molecule has 7 heteroatoms. The molecule has 0 saturated carbocycles. The number of hydrogen-bond acceptors (Lipinski definition) is 6. The van der Waals surface area contributed by atoms with Crippen molar-refractivity contribution in [1.82, 2.24) is 9.97 Å². The highest BCUT2D eigenvalue weighted by Gasteiger charge is 2.32. The summed E-state index contributed by atoms with van der Waals surface area (Å²) in [5.41, 5.74) is 0. The molecule has 1 aromatic rings. The Hall–Kier alpha value is -1.89. The van der Waals surface area contributed by atoms with Gasteiger partial charge in [0.15, 0.2) is 6.10 Å². The van der Waals surface area contributed by atoms with Gasteiger partial charge >= 0.3 is 5.97 Å². The van der Waals surface area contributed by atoms with E-state index in [0.717, 1.165) is 0 Å². The largest absolute Gasteiger partial charge is 0.479 e. The van der Waals surface area contributed by atoms with E-state index in [2.05, 4.69) is 15.3 Å². The number of carboxylic acids is 1. The highest BCUT2D eigenvalue weighted by molar-refractivity contribution is 5.72. The summed E-state index contributed by atoms with van der Waals surface area (Å²) < 4.78 is 10.6. The molecule has 0 aromatic carbocycles. The molecule has 7 nitrogen and oxygen atoms in total. The first-order valence-electron chi connectivity index (χ1n) is 5.21. The van der Waals surface area contributed by atoms with Crippen molar-refractivity contribution in [2.75, 3.05) is 19.0 Å². The number of carboxylic acid groups (broad SMARTS) is 1. The number of nitrogens with one attached hydrogen (secondary N) is 1. The maximum atomic E-state index is 10.7. The first-order valence-corrected chi connectivity index (χ1v) is 5.21. The Labute approximate surface area is 97.8 Å². The van der Waals surface area contributed by atoms with E-state index in [1.54, 1.807) is 19.3 Å². The van der Waals surface area contributed by atoms with Crippen molar-refractivity contribution in [3.8, 4) is 5.88 Å². The third kappa shape index (κ3) is 2.82. The number of anilines is 1. The van der Waals surface area contributed by atoms with Gasteiger partial charge in [-0.1, -0.05) is 0 Å². The normalized spacial score (nSPS) is 23.4. The van der Waals surface area contributed by atoms with Gasteiger partial charge in [0.05, 0.1) is 6.61 Å². The van der Waals surface area contributed by atoms with Crippen molar-refractivity contribution in [2.45, 2.75) is 18.6 Å². The number of aliphatic carboxylic acids is 1. The zero-order chi connectivity index (χ0) is 12.3. The van der Waals surface area contributed by atoms with Crippen LogP contribution < -0.4 is 10.1 Å². The first-order chi connectivity index (χ1) is 8.19. The van der Waals surface area contributed by atoms with Gasteiger partial charge in [0, 0.05) is 25.7 Å². The van der Waals surface area contributed by atoms with E-state index in [4.69, 9.17) is 14.6 Å². The van der Waals surface area contributed by atoms with Gasteiger partial charge < -0.3 is 19.9 Å². The van der Waals surface area contributed by atoms with Crippen LogP contribution in [0.5, 0.6) is 5.88 Å². The van der Waals surface area contributed by atoms with Crippen molar-refractivity contribution >= 4 is 11.9 Å². The number of aromatic nitrogens is 2. The van der Waals surface area contributed by atoms with Crippen LogP contribution in [0.2, 0.25) is 0 Å². The Kier molecular flexibility index (Phi) is 3.38. The number of rotatable bonds is 4. The Morgan fingerprint density at radius 3 is 3.18 bits per heavy atom. The summed E-state index contributed by atoms with van der Waals surface area (Å²) in [6.07, 6.45) is 0.827. The van der Waals surface area contributed by atoms with Gasteiger partial charge in [0.1, 0.15) is 6.10 Å². The lowest BCUT2D eigenvalue weighted by Gasteiger charge is -2.10. The van der Waals surface area contributed by atoms with E-state index in [-0.39, 0.29) is 12.7 Å². The van der Waals surface area contributed by atoms with Crippen LogP contribution in [0.25, 0.3) is 0 Å². The second-order valence-electron chi connectivity index (χ2n) is 3.60. The van der Waals surface area contributed by atoms with Crippen molar-refractivity contribution in [3.05, 3.63) is 12.3 Å². The van der Waals surface area contributed by atoms with Gasteiger partial charge in [0.2, 0.25) is 11.8 Å². The standard InChI is InChI=1S/C10H13N3O4/c1-11-10-12-3-2-8(13-10)17-6-4-7(9(14)15)16-5-6/h2-3,6-7H,4-5H2,1H3,(H,14,15)(H,11,12,13). The molecule has 1 aromatic heterocycles. The van der Waals surface area contributed by atoms with Crippen LogP contribution in [0.4, 0.5) is 5.95 Å². The molecule has 0 spiro atoms. The minimum atomic E-state index is -0.963. The molecule has 2 rings (SSSR count). The molecule has 2 N–H and O–H groups in total. The van der Waals surface area contributed by atoms with E-state index in [9.17, 15) is 4.79 Å². The molecule has 0 aliphatic carbocycles. The lowest BCUT2D eigenvalue weighted by molar-refractivity contribution is -0.147. The van der Waals surface area contributed by atoms with Gasteiger partial charge in [-0.2, -0.15) is 4.98 Å². The van der Waals surface area contributed by atoms with E-state index in [1.165, 1.54) is 0 Å². The minimum Gasteiger partial charge on any atom is -0.479 e. The monoisotopic (exact) mass is 239 g/mol. The summed E-state index contributed by atoms with van der Waals surface area (Å²) >= 11 is 0. The van der Waals surface area contributed by atoms with Crippen LogP contribution in [-0.2, 0) is 9.53 Å². The molecule has 2 atom stereocenters. The molecule has 0 amide bonds. The Bertz CT molecular complexity index is 412. The number of carbonyl (C=O) groups is 1. The first kappa shape index (κ1) is 11.6. The average Bonchev–Trinajstić information content (AvgIpc) is 2.78. The van der Waals surface area contributed by atoms with Gasteiger partial charge in [-0.15, -0.1) is 0 Å². The molecule has 1 saturated heterocycles. The van der Waals surface area contributed by atoms with Crippen molar-refractivity contribution < 1.29 is 19.4 Å². The van der Waals surface area contributed by atoms with Crippen molar-refractivity contribution in [2.24, 2.45) is 0 Å². The summed E-state index contributed by atoms with van der Waals surface area (Å²) in [5, 5.41) is 11.6. The summed E-state index contributed by atoms with van der Waals surface area (Å²) in [5.74, 6) is -0.102. The second kappa shape index (κ2) is 4.96. The Morgan fingerprint density at radius 2 is 2.53 bits per heavy atom. The van der Waals surface area contributed by atoms with Gasteiger partial charge in [0.25, 0.3) is 0 Å². The van der Waals surface area contributed by atoms with Crippen molar-refractivity contribution in [1.29, 1.82) is 0 Å². The van der Waals surface area contributed by atoms with Crippen LogP contribution in [0.1, 0.15) is 6.42 Å². The molecule has 17 heavy (non-hydrogen) atoms. The van der Waals surface area contributed by atoms with E-state index in [0.29, 0.717) is 18.2 Å². The molecule has 92 valence electrons.